The second kappa shape index (κ2) is 6.73. The largest absolute Gasteiger partial charge is 0.463 e. The van der Waals surface area contributed by atoms with Crippen LogP contribution < -0.4 is 0 Å². The van der Waals surface area contributed by atoms with Gasteiger partial charge in [0.2, 0.25) is 0 Å². The Morgan fingerprint density at radius 3 is 2.39 bits per heavy atom. The normalized spacial score (nSPS) is 24.2. The molecule has 1 aromatic carbocycles. The second-order valence-corrected chi connectivity index (χ2v) is 8.43. The second-order valence-electron chi connectivity index (χ2n) is 8.43. The molecule has 166 valence electrons. The van der Waals surface area contributed by atoms with Gasteiger partial charge in [0.15, 0.2) is 5.70 Å². The van der Waals surface area contributed by atoms with Crippen LogP contribution in [0, 0.1) is 15.5 Å². The van der Waals surface area contributed by atoms with E-state index in [1.54, 1.807) is 11.9 Å². The number of nitro groups is 1. The van der Waals surface area contributed by atoms with Gasteiger partial charge in [0, 0.05) is 29.7 Å². The van der Waals surface area contributed by atoms with Gasteiger partial charge in [-0.2, -0.15) is 13.2 Å². The Bertz CT molecular complexity index is 1030. The molecule has 0 radical (unpaired) electrons. The highest BCUT2D eigenvalue weighted by Gasteiger charge is 2.65. The number of benzene rings is 1. The van der Waals surface area contributed by atoms with E-state index < -0.39 is 40.3 Å². The quantitative estimate of drug-likeness (QED) is 0.388. The molecule has 1 saturated heterocycles. The summed E-state index contributed by atoms with van der Waals surface area (Å²) >= 11 is 0. The molecule has 0 aromatic heterocycles. The summed E-state index contributed by atoms with van der Waals surface area (Å²) in [6.45, 7) is 7.05. The highest BCUT2D eigenvalue weighted by Crippen LogP contribution is 2.62. The summed E-state index contributed by atoms with van der Waals surface area (Å²) in [4.78, 5) is 23.2. The zero-order valence-electron chi connectivity index (χ0n) is 17.5. The predicted octanol–water partition coefficient (Wildman–Crippen LogP) is 4.63. The SMILES string of the molecule is CCOC(=O)C1=C(C(F)(F)F)N2[C@H](c3ccc([N+](=O)[O-])cc3)CC3=C(C)C(C)(C)[C@@H]1N32. The fraction of sp³-hybridized carbons (Fsp3) is 0.476. The number of hydrogen-bond acceptors (Lipinski definition) is 6. The number of carbonyl (C=O) groups is 1. The lowest BCUT2D eigenvalue weighted by molar-refractivity contribution is -0.384. The highest BCUT2D eigenvalue weighted by atomic mass is 19.4. The number of ether oxygens (including phenoxy) is 1. The number of rotatable bonds is 4. The van der Waals surface area contributed by atoms with Gasteiger partial charge in [0.05, 0.1) is 29.2 Å². The molecule has 3 aliphatic rings. The van der Waals surface area contributed by atoms with E-state index in [1.165, 1.54) is 24.3 Å². The van der Waals surface area contributed by atoms with Crippen molar-refractivity contribution in [1.82, 2.24) is 10.0 Å². The maximum atomic E-state index is 14.3. The van der Waals surface area contributed by atoms with Gasteiger partial charge in [-0.3, -0.25) is 20.1 Å². The predicted molar refractivity (Wildman–Crippen MR) is 104 cm³/mol. The van der Waals surface area contributed by atoms with E-state index in [-0.39, 0.29) is 17.9 Å². The third-order valence-electron chi connectivity index (χ3n) is 6.53. The van der Waals surface area contributed by atoms with Gasteiger partial charge in [-0.1, -0.05) is 26.0 Å². The van der Waals surface area contributed by atoms with Crippen molar-refractivity contribution in [2.75, 3.05) is 6.61 Å². The van der Waals surface area contributed by atoms with Crippen LogP contribution in [0.3, 0.4) is 0 Å². The molecule has 4 rings (SSSR count). The number of halogens is 3. The lowest BCUT2D eigenvalue weighted by Crippen LogP contribution is -2.42. The van der Waals surface area contributed by atoms with Gasteiger partial charge < -0.3 is 4.74 Å². The summed E-state index contributed by atoms with van der Waals surface area (Å²) in [6, 6.07) is 3.92. The van der Waals surface area contributed by atoms with Crippen LogP contribution in [0.25, 0.3) is 0 Å². The number of hydrogen-bond donors (Lipinski definition) is 0. The lowest BCUT2D eigenvalue weighted by Gasteiger charge is -2.36. The zero-order chi connectivity index (χ0) is 22.9. The van der Waals surface area contributed by atoms with E-state index in [2.05, 4.69) is 0 Å². The van der Waals surface area contributed by atoms with Crippen molar-refractivity contribution in [1.29, 1.82) is 0 Å². The van der Waals surface area contributed by atoms with E-state index in [4.69, 9.17) is 4.74 Å². The van der Waals surface area contributed by atoms with Crippen LogP contribution in [0.4, 0.5) is 18.9 Å². The Morgan fingerprint density at radius 1 is 1.26 bits per heavy atom. The number of alkyl halides is 3. The topological polar surface area (TPSA) is 75.9 Å². The Kier molecular flexibility index (Phi) is 4.60. The first-order chi connectivity index (χ1) is 14.4. The maximum absolute atomic E-state index is 14.3. The van der Waals surface area contributed by atoms with Gasteiger partial charge in [0.1, 0.15) is 0 Å². The number of nitrogens with zero attached hydrogens (tertiary/aromatic N) is 3. The van der Waals surface area contributed by atoms with Gasteiger partial charge in [0.25, 0.3) is 5.69 Å². The van der Waals surface area contributed by atoms with Gasteiger partial charge >= 0.3 is 12.1 Å². The summed E-state index contributed by atoms with van der Waals surface area (Å²) in [5.41, 5.74) is -0.103. The van der Waals surface area contributed by atoms with Gasteiger partial charge in [-0.05, 0) is 25.0 Å². The van der Waals surface area contributed by atoms with Crippen LogP contribution in [0.15, 0.2) is 46.8 Å². The van der Waals surface area contributed by atoms with E-state index in [0.717, 1.165) is 16.3 Å². The molecule has 1 fully saturated rings. The van der Waals surface area contributed by atoms with Crippen LogP contribution in [0.2, 0.25) is 0 Å². The summed E-state index contributed by atoms with van der Waals surface area (Å²) in [6.07, 6.45) is -4.48. The molecule has 0 amide bonds. The highest BCUT2D eigenvalue weighted by molar-refractivity contribution is 5.92. The molecule has 1 aromatic rings. The van der Waals surface area contributed by atoms with Crippen LogP contribution in [-0.2, 0) is 9.53 Å². The number of esters is 1. The van der Waals surface area contributed by atoms with Crippen LogP contribution in [0.1, 0.15) is 45.7 Å². The van der Waals surface area contributed by atoms with Crippen molar-refractivity contribution in [2.24, 2.45) is 5.41 Å². The minimum Gasteiger partial charge on any atom is -0.463 e. The van der Waals surface area contributed by atoms with Crippen molar-refractivity contribution < 1.29 is 27.6 Å². The van der Waals surface area contributed by atoms with Crippen LogP contribution in [0.5, 0.6) is 0 Å². The number of non-ortho nitro benzene ring substituents is 1. The molecule has 10 heteroatoms. The Morgan fingerprint density at radius 2 is 1.87 bits per heavy atom. The molecule has 3 aliphatic heterocycles. The maximum Gasteiger partial charge on any atom is 0.433 e. The minimum atomic E-state index is -4.79. The molecule has 0 aliphatic carbocycles. The lowest BCUT2D eigenvalue weighted by atomic mass is 9.77. The average Bonchev–Trinajstić information content (AvgIpc) is 3.28. The fourth-order valence-corrected chi connectivity index (χ4v) is 4.91. The molecule has 0 N–H and O–H groups in total. The summed E-state index contributed by atoms with van der Waals surface area (Å²) in [7, 11) is 0. The molecule has 0 spiro atoms. The van der Waals surface area contributed by atoms with Crippen molar-refractivity contribution in [2.45, 2.75) is 52.4 Å². The monoisotopic (exact) mass is 437 g/mol. The molecule has 31 heavy (non-hydrogen) atoms. The van der Waals surface area contributed by atoms with Crippen LogP contribution in [-0.4, -0.2) is 39.7 Å². The molecule has 2 atom stereocenters. The third kappa shape index (κ3) is 2.91. The summed E-state index contributed by atoms with van der Waals surface area (Å²) in [5, 5.41) is 13.7. The van der Waals surface area contributed by atoms with Gasteiger partial charge in [-0.25, -0.2) is 4.79 Å². The number of nitro benzene ring substituents is 1. The van der Waals surface area contributed by atoms with E-state index >= 15 is 0 Å². The first-order valence-electron chi connectivity index (χ1n) is 9.92. The third-order valence-corrected chi connectivity index (χ3v) is 6.53. The van der Waals surface area contributed by atoms with E-state index in [1.807, 2.05) is 20.8 Å². The molecule has 3 heterocycles. The first kappa shape index (κ1) is 21.2. The number of carbonyl (C=O) groups excluding carboxylic acids is 1. The summed E-state index contributed by atoms with van der Waals surface area (Å²) in [5.74, 6) is -0.973. The molecular formula is C21H22F3N3O4. The molecular weight excluding hydrogens is 415 g/mol. The van der Waals surface area contributed by atoms with Crippen LogP contribution >= 0.6 is 0 Å². The van der Waals surface area contributed by atoms with Crippen molar-refractivity contribution >= 4 is 11.7 Å². The molecule has 7 nitrogen and oxygen atoms in total. The first-order valence-corrected chi connectivity index (χ1v) is 9.92. The minimum absolute atomic E-state index is 0.0360. The standard InChI is InChI=1S/C21H22F3N3O4/c1-5-31-19(28)16-17-20(3,4)11(2)14-10-15(12-6-8-13(9-7-12)27(29)30)26(25(14)17)18(16)21(22,23)24/h6-9,15,17H,5,10H2,1-4H3/t15-,17+/m0/s1. The smallest absolute Gasteiger partial charge is 0.433 e. The number of allylic oxidation sites excluding steroid dienone is 1. The molecule has 0 bridgehead atoms. The van der Waals surface area contributed by atoms with E-state index in [9.17, 15) is 28.1 Å². The average molecular weight is 437 g/mol. The number of hydrazine groups is 1. The van der Waals surface area contributed by atoms with E-state index in [0.29, 0.717) is 12.0 Å². The fourth-order valence-electron chi connectivity index (χ4n) is 4.91. The van der Waals surface area contributed by atoms with Crippen molar-refractivity contribution in [3.05, 3.63) is 62.5 Å². The zero-order valence-corrected chi connectivity index (χ0v) is 17.5. The Hall–Kier alpha value is -3.04. The summed E-state index contributed by atoms with van der Waals surface area (Å²) < 4.78 is 48.1. The molecule has 0 unspecified atom stereocenters. The Labute approximate surface area is 176 Å². The van der Waals surface area contributed by atoms with Gasteiger partial charge in [-0.15, -0.1) is 0 Å². The van der Waals surface area contributed by atoms with Crippen molar-refractivity contribution in [3.63, 3.8) is 0 Å². The Balaban J connectivity index is 1.91. The molecule has 0 saturated carbocycles. The van der Waals surface area contributed by atoms with Crippen molar-refractivity contribution in [3.8, 4) is 0 Å².